The number of rotatable bonds is 4. The maximum Gasteiger partial charge on any atom is 0.656 e. The van der Waals surface area contributed by atoms with Crippen LogP contribution in [-0.4, -0.2) is 44.3 Å². The summed E-state index contributed by atoms with van der Waals surface area (Å²) < 4.78 is 17.1. The first-order chi connectivity index (χ1) is 19.7. The van der Waals surface area contributed by atoms with Crippen molar-refractivity contribution < 1.29 is 18.4 Å². The summed E-state index contributed by atoms with van der Waals surface area (Å²) in [6.07, 6.45) is 4.79. The van der Waals surface area contributed by atoms with E-state index < -0.39 is 18.0 Å². The monoisotopic (exact) mass is 528 g/mol. The molecule has 0 amide bonds. The maximum atomic E-state index is 7.99. The van der Waals surface area contributed by atoms with Gasteiger partial charge in [-0.1, -0.05) is 121 Å². The average Bonchev–Trinajstić information content (AvgIpc) is 3.77. The normalized spacial score (nSPS) is 33.2. The van der Waals surface area contributed by atoms with E-state index in [1.807, 2.05) is 0 Å². The van der Waals surface area contributed by atoms with Crippen molar-refractivity contribution in [2.75, 3.05) is 13.1 Å². The molecule has 4 nitrogen and oxygen atoms in total. The van der Waals surface area contributed by atoms with E-state index in [9.17, 15) is 0 Å². The number of nitrogens with one attached hydrogen (secondary N) is 1. The summed E-state index contributed by atoms with van der Waals surface area (Å²) in [5, 5.41) is 0. The van der Waals surface area contributed by atoms with Gasteiger partial charge in [0.05, 0.1) is 12.1 Å². The first kappa shape index (κ1) is 24.6. The van der Waals surface area contributed by atoms with Crippen molar-refractivity contribution in [2.24, 2.45) is 0 Å². The second kappa shape index (κ2) is 8.92. The Morgan fingerprint density at radius 3 is 1.57 bits per heavy atom. The molecule has 4 saturated heterocycles. The number of fused-ring (bicyclic) bond motifs is 4. The minimum Gasteiger partial charge on any atom is -0.607 e. The molecule has 1 spiro atoms. The third-order valence-electron chi connectivity index (χ3n) is 10.1. The summed E-state index contributed by atoms with van der Waals surface area (Å²) >= 11 is 0. The van der Waals surface area contributed by atoms with Crippen molar-refractivity contribution in [1.29, 1.82) is 0 Å². The fourth-order valence-corrected chi connectivity index (χ4v) is 8.73. The zero-order valence-corrected chi connectivity index (χ0v) is 22.3. The van der Waals surface area contributed by atoms with Gasteiger partial charge in [-0.2, -0.15) is 0 Å². The predicted octanol–water partition coefficient (Wildman–Crippen LogP) is 3.68. The van der Waals surface area contributed by atoms with Crippen LogP contribution in [0.1, 0.15) is 47.9 Å². The van der Waals surface area contributed by atoms with Gasteiger partial charge in [0.2, 0.25) is 0 Å². The second-order valence-corrected chi connectivity index (χ2v) is 11.8. The highest BCUT2D eigenvalue weighted by atomic mass is 16.7. The average molecular weight is 528 g/mol. The summed E-state index contributed by atoms with van der Waals surface area (Å²) in [5.74, 6) is 0. The first-order valence-corrected chi connectivity index (χ1v) is 14.7. The number of benzene rings is 4. The fraction of sp³-hybridized carbons (Fsp3) is 0.294. The molecule has 8 rings (SSSR count). The van der Waals surface area contributed by atoms with Crippen LogP contribution in [0.5, 0.6) is 0 Å². The Labute approximate surface area is 238 Å². The lowest BCUT2D eigenvalue weighted by atomic mass is 9.74. The van der Waals surface area contributed by atoms with Gasteiger partial charge in [0.1, 0.15) is 19.2 Å². The van der Waals surface area contributed by atoms with E-state index in [4.69, 9.17) is 9.31 Å². The standard InChI is InChI=1S/C34H38B2N2O2/c35-38-26-14-24-32(38)34(29-19-9-3-10-20-29,30-21-11-4-12-22-30)40-36(38)37-25-13-23-31(37)33(39-36,27-15-5-1-6-16-27)28-17-7-2-8-18-28/h1-12,15-22,31-32,37H,13-14,23-26H2,35H3/t31-,32-,36+,38-/m0/s1. The lowest BCUT2D eigenvalue weighted by molar-refractivity contribution is -0.899. The van der Waals surface area contributed by atoms with Crippen LogP contribution in [0.2, 0.25) is 0 Å². The van der Waals surface area contributed by atoms with Crippen molar-refractivity contribution in [3.8, 4) is 0 Å². The van der Waals surface area contributed by atoms with Gasteiger partial charge in [-0.05, 0) is 35.1 Å². The molecular formula is C34H38B2N2O2. The number of quaternary nitrogens is 2. The van der Waals surface area contributed by atoms with Gasteiger partial charge >= 0.3 is 6.82 Å². The van der Waals surface area contributed by atoms with Gasteiger partial charge in [0.25, 0.3) is 0 Å². The Kier molecular flexibility index (Phi) is 5.50. The van der Waals surface area contributed by atoms with Crippen molar-refractivity contribution in [3.05, 3.63) is 144 Å². The molecule has 0 aliphatic carbocycles. The number of hydrogen-bond acceptors (Lipinski definition) is 2. The van der Waals surface area contributed by atoms with E-state index in [1.54, 1.807) is 4.81 Å². The van der Waals surface area contributed by atoms with Crippen molar-refractivity contribution >= 4 is 14.8 Å². The molecule has 4 aliphatic rings. The third-order valence-corrected chi connectivity index (χ3v) is 10.1. The highest BCUT2D eigenvalue weighted by Gasteiger charge is 2.80. The summed E-state index contributed by atoms with van der Waals surface area (Å²) in [6.45, 7) is 0.600. The van der Waals surface area contributed by atoms with Gasteiger partial charge < -0.3 is 18.4 Å². The van der Waals surface area contributed by atoms with Crippen molar-refractivity contribution in [3.63, 3.8) is 0 Å². The summed E-state index contributed by atoms with van der Waals surface area (Å²) in [6, 6.07) is 45.1. The zero-order chi connectivity index (χ0) is 26.8. The smallest absolute Gasteiger partial charge is 0.607 e. The van der Waals surface area contributed by atoms with Gasteiger partial charge in [-0.25, -0.2) is 0 Å². The summed E-state index contributed by atoms with van der Waals surface area (Å²) in [4.78, 5) is 1.59. The molecule has 40 heavy (non-hydrogen) atoms. The molecule has 5 atom stereocenters. The molecule has 6 heteroatoms. The number of nitrogens with zero attached hydrogens (tertiary/aromatic N) is 1. The molecular weight excluding hydrogens is 490 g/mol. The lowest BCUT2D eigenvalue weighted by Crippen LogP contribution is -3.26. The minimum absolute atomic E-state index is 0.204. The van der Waals surface area contributed by atoms with Crippen LogP contribution in [0.3, 0.4) is 0 Å². The van der Waals surface area contributed by atoms with Crippen molar-refractivity contribution in [1.82, 2.24) is 0 Å². The van der Waals surface area contributed by atoms with Gasteiger partial charge in [0.15, 0.2) is 0 Å². The molecule has 1 N–H and O–H groups in total. The van der Waals surface area contributed by atoms with E-state index in [0.717, 1.165) is 17.3 Å². The highest BCUT2D eigenvalue weighted by molar-refractivity contribution is 6.56. The number of hydrogen-bond donors (Lipinski definition) is 1. The van der Waals surface area contributed by atoms with Gasteiger partial charge in [0, 0.05) is 25.9 Å². The molecule has 4 aromatic rings. The predicted molar refractivity (Wildman–Crippen MR) is 162 cm³/mol. The third kappa shape index (κ3) is 3.03. The van der Waals surface area contributed by atoms with Crippen LogP contribution < -0.4 is 4.81 Å². The van der Waals surface area contributed by atoms with Gasteiger partial charge in [-0.15, -0.1) is 0 Å². The molecule has 0 radical (unpaired) electrons. The SMILES string of the molecule is [BH3-][N@+]12CCC[C@H]1C(c1ccccc1)(c1ccccc1)O[B@@-]21OC(c2ccccc2)(c2ccccc2)[C@@H]2CCC[NH+]21. The lowest BCUT2D eigenvalue weighted by Gasteiger charge is -2.55. The quantitative estimate of drug-likeness (QED) is 0.409. The van der Waals surface area contributed by atoms with Crippen LogP contribution >= 0.6 is 0 Å². The van der Waals surface area contributed by atoms with Crippen molar-refractivity contribution in [2.45, 2.75) is 49.0 Å². The summed E-state index contributed by atoms with van der Waals surface area (Å²) in [5.41, 5.74) is 4.07. The van der Waals surface area contributed by atoms with Crippen LogP contribution in [0.15, 0.2) is 121 Å². The van der Waals surface area contributed by atoms with Crippen LogP contribution in [0, 0.1) is 0 Å². The summed E-state index contributed by atoms with van der Waals surface area (Å²) in [7, 11) is -0.204. The second-order valence-electron chi connectivity index (χ2n) is 11.8. The molecule has 4 fully saturated rings. The van der Waals surface area contributed by atoms with Crippen LogP contribution in [0.25, 0.3) is 0 Å². The minimum atomic E-state index is -1.70. The first-order valence-electron chi connectivity index (χ1n) is 14.7. The molecule has 0 saturated carbocycles. The van der Waals surface area contributed by atoms with Gasteiger partial charge in [-0.3, -0.25) is 0 Å². The van der Waals surface area contributed by atoms with E-state index in [1.165, 1.54) is 48.1 Å². The largest absolute Gasteiger partial charge is 0.656 e. The molecule has 4 heterocycles. The van der Waals surface area contributed by atoms with Crippen LogP contribution in [0.4, 0.5) is 0 Å². The van der Waals surface area contributed by atoms with Crippen LogP contribution in [-0.2, 0) is 20.5 Å². The molecule has 0 aromatic heterocycles. The molecule has 4 aliphatic heterocycles. The Hall–Kier alpha value is -3.15. The Morgan fingerprint density at radius 1 is 0.625 bits per heavy atom. The van der Waals surface area contributed by atoms with E-state index in [2.05, 4.69) is 121 Å². The molecule has 202 valence electrons. The topological polar surface area (TPSA) is 22.9 Å². The Bertz CT molecular complexity index is 1420. The Balaban J connectivity index is 1.40. The fourth-order valence-electron chi connectivity index (χ4n) is 8.73. The molecule has 0 bridgehead atoms. The Morgan fingerprint density at radius 2 is 1.07 bits per heavy atom. The zero-order valence-electron chi connectivity index (χ0n) is 22.3. The van der Waals surface area contributed by atoms with E-state index >= 15 is 0 Å². The van der Waals surface area contributed by atoms with E-state index in [0.29, 0.717) is 12.1 Å². The maximum absolute atomic E-state index is 7.99. The highest BCUT2D eigenvalue weighted by Crippen LogP contribution is 2.58. The molecule has 4 aromatic carbocycles. The van der Waals surface area contributed by atoms with E-state index in [-0.39, 0.29) is 7.98 Å². The molecule has 1 unspecified atom stereocenters.